The van der Waals surface area contributed by atoms with Crippen LogP contribution in [0.1, 0.15) is 18.2 Å². The molecule has 0 saturated carbocycles. The lowest BCUT2D eigenvalue weighted by atomic mass is 10.2. The van der Waals surface area contributed by atoms with Crippen molar-refractivity contribution < 1.29 is 4.79 Å². The van der Waals surface area contributed by atoms with E-state index in [0.29, 0.717) is 13.0 Å². The molecule has 0 unspecified atom stereocenters. The Morgan fingerprint density at radius 3 is 2.55 bits per heavy atom. The maximum absolute atomic E-state index is 11.8. The van der Waals surface area contributed by atoms with Crippen molar-refractivity contribution in [2.45, 2.75) is 26.3 Å². The van der Waals surface area contributed by atoms with Crippen LogP contribution >= 0.6 is 36.2 Å². The molecule has 3 N–H and O–H groups in total. The van der Waals surface area contributed by atoms with Gasteiger partial charge < -0.3 is 11.1 Å². The molecule has 1 heterocycles. The van der Waals surface area contributed by atoms with Crippen molar-refractivity contribution >= 4 is 42.1 Å². The minimum Gasteiger partial charge on any atom is -0.352 e. The average molecular weight is 362 g/mol. The number of amides is 1. The van der Waals surface area contributed by atoms with Gasteiger partial charge in [-0.05, 0) is 13.8 Å². The minimum atomic E-state index is -0.0382. The molecule has 0 aliphatic heterocycles. The number of nitrogens with one attached hydrogen (secondary N) is 1. The van der Waals surface area contributed by atoms with Crippen LogP contribution in [0.3, 0.4) is 0 Å². The molecular formula is C15H21Cl2N3OS. The Hall–Kier alpha value is -1.14. The Kier molecular flexibility index (Phi) is 9.28. The summed E-state index contributed by atoms with van der Waals surface area (Å²) in [6.45, 7) is 4.38. The van der Waals surface area contributed by atoms with Crippen molar-refractivity contribution in [3.05, 3.63) is 40.9 Å². The molecule has 0 bridgehead atoms. The highest BCUT2D eigenvalue weighted by molar-refractivity contribution is 7.13. The van der Waals surface area contributed by atoms with Crippen LogP contribution in [0.25, 0.3) is 10.6 Å². The van der Waals surface area contributed by atoms with Crippen LogP contribution in [0.5, 0.6) is 0 Å². The van der Waals surface area contributed by atoms with Gasteiger partial charge in [0.1, 0.15) is 5.01 Å². The van der Waals surface area contributed by atoms with E-state index in [4.69, 9.17) is 5.73 Å². The molecule has 0 spiro atoms. The normalized spacial score (nSPS) is 11.0. The Morgan fingerprint density at radius 1 is 1.32 bits per heavy atom. The average Bonchev–Trinajstić information content (AvgIpc) is 2.87. The lowest BCUT2D eigenvalue weighted by Crippen LogP contribution is -2.38. The van der Waals surface area contributed by atoms with Crippen molar-refractivity contribution in [3.8, 4) is 10.6 Å². The van der Waals surface area contributed by atoms with E-state index in [0.717, 1.165) is 16.3 Å². The molecule has 1 amide bonds. The first-order chi connectivity index (χ1) is 9.58. The van der Waals surface area contributed by atoms with E-state index in [1.165, 1.54) is 5.56 Å². The predicted molar refractivity (Wildman–Crippen MR) is 97.1 cm³/mol. The van der Waals surface area contributed by atoms with Crippen LogP contribution in [0.15, 0.2) is 29.6 Å². The number of thiazole rings is 1. The summed E-state index contributed by atoms with van der Waals surface area (Å²) >= 11 is 1.56. The third-order valence-electron chi connectivity index (χ3n) is 2.95. The third kappa shape index (κ3) is 5.93. The summed E-state index contributed by atoms with van der Waals surface area (Å²) in [7, 11) is 0. The van der Waals surface area contributed by atoms with E-state index in [-0.39, 0.29) is 36.8 Å². The molecule has 0 radical (unpaired) electrons. The molecule has 4 nitrogen and oxygen atoms in total. The van der Waals surface area contributed by atoms with Crippen LogP contribution in [0.4, 0.5) is 0 Å². The predicted octanol–water partition coefficient (Wildman–Crippen LogP) is 2.97. The molecule has 2 aromatic rings. The standard InChI is InChI=1S/C15H19N3OS.2ClH/c1-10-3-5-12(6-4-10)15-18-13(9-20-15)7-14(19)17-11(2)8-16;;/h3-6,9,11H,7-8,16H2,1-2H3,(H,17,19);2*1H/t11-;;/m0../s1. The molecule has 122 valence electrons. The van der Waals surface area contributed by atoms with Crippen molar-refractivity contribution in [3.63, 3.8) is 0 Å². The first kappa shape index (κ1) is 20.9. The van der Waals surface area contributed by atoms with Gasteiger partial charge in [0.2, 0.25) is 5.91 Å². The number of aromatic nitrogens is 1. The van der Waals surface area contributed by atoms with Gasteiger partial charge in [-0.25, -0.2) is 4.98 Å². The first-order valence-electron chi connectivity index (χ1n) is 6.59. The SMILES string of the molecule is Cc1ccc(-c2nc(CC(=O)N[C@@H](C)CN)cs2)cc1.Cl.Cl. The van der Waals surface area contributed by atoms with Gasteiger partial charge in [0.15, 0.2) is 0 Å². The molecule has 0 saturated heterocycles. The number of rotatable bonds is 5. The molecular weight excluding hydrogens is 341 g/mol. The van der Waals surface area contributed by atoms with Crippen molar-refractivity contribution in [1.29, 1.82) is 0 Å². The fraction of sp³-hybridized carbons (Fsp3) is 0.333. The molecule has 7 heteroatoms. The van der Waals surface area contributed by atoms with Gasteiger partial charge in [-0.15, -0.1) is 36.2 Å². The van der Waals surface area contributed by atoms with Crippen LogP contribution in [-0.2, 0) is 11.2 Å². The molecule has 2 rings (SSSR count). The number of hydrogen-bond donors (Lipinski definition) is 2. The highest BCUT2D eigenvalue weighted by atomic mass is 35.5. The summed E-state index contributed by atoms with van der Waals surface area (Å²) < 4.78 is 0. The van der Waals surface area contributed by atoms with Crippen LogP contribution in [-0.4, -0.2) is 23.5 Å². The van der Waals surface area contributed by atoms with Gasteiger partial charge in [-0.3, -0.25) is 4.79 Å². The number of aryl methyl sites for hydroxylation is 1. The van der Waals surface area contributed by atoms with E-state index >= 15 is 0 Å². The molecule has 22 heavy (non-hydrogen) atoms. The number of nitrogens with zero attached hydrogens (tertiary/aromatic N) is 1. The van der Waals surface area contributed by atoms with Gasteiger partial charge in [-0.1, -0.05) is 29.8 Å². The van der Waals surface area contributed by atoms with E-state index in [1.54, 1.807) is 11.3 Å². The number of benzene rings is 1. The van der Waals surface area contributed by atoms with Crippen LogP contribution in [0.2, 0.25) is 0 Å². The number of carbonyl (C=O) groups is 1. The van der Waals surface area contributed by atoms with E-state index in [2.05, 4.69) is 41.5 Å². The number of nitrogens with two attached hydrogens (primary N) is 1. The Morgan fingerprint density at radius 2 is 1.95 bits per heavy atom. The van der Waals surface area contributed by atoms with E-state index in [1.807, 2.05) is 12.3 Å². The van der Waals surface area contributed by atoms with Gasteiger partial charge >= 0.3 is 0 Å². The lowest BCUT2D eigenvalue weighted by Gasteiger charge is -2.09. The molecule has 0 aliphatic carbocycles. The summed E-state index contributed by atoms with van der Waals surface area (Å²) in [6, 6.07) is 8.22. The van der Waals surface area contributed by atoms with Gasteiger partial charge in [0.25, 0.3) is 0 Å². The summed E-state index contributed by atoms with van der Waals surface area (Å²) in [5, 5.41) is 5.71. The number of hydrogen-bond acceptors (Lipinski definition) is 4. The quantitative estimate of drug-likeness (QED) is 0.859. The second kappa shape index (κ2) is 9.79. The minimum absolute atomic E-state index is 0. The summed E-state index contributed by atoms with van der Waals surface area (Å²) in [5.74, 6) is -0.0382. The largest absolute Gasteiger partial charge is 0.352 e. The number of carbonyl (C=O) groups excluding carboxylic acids is 1. The Balaban J connectivity index is 0.00000220. The van der Waals surface area contributed by atoms with E-state index in [9.17, 15) is 4.79 Å². The van der Waals surface area contributed by atoms with Gasteiger partial charge in [0.05, 0.1) is 12.1 Å². The van der Waals surface area contributed by atoms with E-state index < -0.39 is 0 Å². The molecule has 1 aromatic heterocycles. The van der Waals surface area contributed by atoms with Crippen molar-refractivity contribution in [2.24, 2.45) is 5.73 Å². The molecule has 1 atom stereocenters. The van der Waals surface area contributed by atoms with Gasteiger partial charge in [0, 0.05) is 23.5 Å². The smallest absolute Gasteiger partial charge is 0.226 e. The second-order valence-corrected chi connectivity index (χ2v) is 5.75. The monoisotopic (exact) mass is 361 g/mol. The first-order valence-corrected chi connectivity index (χ1v) is 7.47. The zero-order chi connectivity index (χ0) is 14.5. The highest BCUT2D eigenvalue weighted by Gasteiger charge is 2.10. The number of halogens is 2. The van der Waals surface area contributed by atoms with Crippen molar-refractivity contribution in [1.82, 2.24) is 10.3 Å². The lowest BCUT2D eigenvalue weighted by molar-refractivity contribution is -0.121. The van der Waals surface area contributed by atoms with Crippen molar-refractivity contribution in [2.75, 3.05) is 6.54 Å². The van der Waals surface area contributed by atoms with Gasteiger partial charge in [-0.2, -0.15) is 0 Å². The fourth-order valence-electron chi connectivity index (χ4n) is 1.77. The Bertz CT molecular complexity index is 587. The molecule has 1 aromatic carbocycles. The van der Waals surface area contributed by atoms with Crippen LogP contribution in [0, 0.1) is 6.92 Å². The maximum atomic E-state index is 11.8. The maximum Gasteiger partial charge on any atom is 0.226 e. The fourth-order valence-corrected chi connectivity index (χ4v) is 2.59. The zero-order valence-corrected chi connectivity index (χ0v) is 15.0. The molecule has 0 fully saturated rings. The van der Waals surface area contributed by atoms with Crippen LogP contribution < -0.4 is 11.1 Å². The Labute approximate surface area is 147 Å². The topological polar surface area (TPSA) is 68.0 Å². The second-order valence-electron chi connectivity index (χ2n) is 4.89. The third-order valence-corrected chi connectivity index (χ3v) is 3.89. The summed E-state index contributed by atoms with van der Waals surface area (Å²) in [4.78, 5) is 16.3. The zero-order valence-electron chi connectivity index (χ0n) is 12.5. The summed E-state index contributed by atoms with van der Waals surface area (Å²) in [6.07, 6.45) is 0.298. The molecule has 0 aliphatic rings. The highest BCUT2D eigenvalue weighted by Crippen LogP contribution is 2.24. The summed E-state index contributed by atoms with van der Waals surface area (Å²) in [5.41, 5.74) is 8.58.